The summed E-state index contributed by atoms with van der Waals surface area (Å²) in [5.74, 6) is -1.43. The maximum absolute atomic E-state index is 13.6. The Morgan fingerprint density at radius 2 is 1.82 bits per heavy atom. The first kappa shape index (κ1) is 27.0. The Labute approximate surface area is 202 Å². The zero-order valence-corrected chi connectivity index (χ0v) is 20.8. The van der Waals surface area contributed by atoms with E-state index in [4.69, 9.17) is 11.2 Å². The number of carbonyl (C=O) groups excluding carboxylic acids is 3. The highest BCUT2D eigenvalue weighted by Crippen LogP contribution is 2.27. The maximum atomic E-state index is 13.6. The third-order valence-electron chi connectivity index (χ3n) is 5.63. The summed E-state index contributed by atoms with van der Waals surface area (Å²) < 4.78 is 5.31. The van der Waals surface area contributed by atoms with E-state index in [9.17, 15) is 19.5 Å². The number of nitrogens with one attached hydrogen (secondary N) is 2. The van der Waals surface area contributed by atoms with Crippen molar-refractivity contribution < 1.29 is 24.2 Å². The molecule has 3 N–H and O–H groups in total. The summed E-state index contributed by atoms with van der Waals surface area (Å²) >= 11 is 0. The van der Waals surface area contributed by atoms with Crippen molar-refractivity contribution in [1.29, 1.82) is 0 Å². The van der Waals surface area contributed by atoms with E-state index in [0.29, 0.717) is 5.56 Å². The first-order valence-electron chi connectivity index (χ1n) is 11.8. The highest BCUT2D eigenvalue weighted by molar-refractivity contribution is 5.93. The van der Waals surface area contributed by atoms with Crippen LogP contribution in [0.5, 0.6) is 5.75 Å². The fourth-order valence-corrected chi connectivity index (χ4v) is 4.00. The van der Waals surface area contributed by atoms with E-state index in [-0.39, 0.29) is 17.7 Å². The van der Waals surface area contributed by atoms with Gasteiger partial charge in [-0.25, -0.2) is 4.79 Å². The third-order valence-corrected chi connectivity index (χ3v) is 5.63. The van der Waals surface area contributed by atoms with Gasteiger partial charge in [0, 0.05) is 12.1 Å². The Morgan fingerprint density at radius 1 is 1.18 bits per heavy atom. The SMILES string of the molecule is C#CN(C(=O)C(NC(=O)OC(C)(C)C)C(C)C)C(C(=O)NC1CCCCC1)c1cccc(O)c1. The molecule has 0 radical (unpaired) electrons. The van der Waals surface area contributed by atoms with E-state index >= 15 is 0 Å². The summed E-state index contributed by atoms with van der Waals surface area (Å²) in [7, 11) is 0. The fourth-order valence-electron chi connectivity index (χ4n) is 4.00. The van der Waals surface area contributed by atoms with Crippen LogP contribution in [0.4, 0.5) is 4.79 Å². The second kappa shape index (κ2) is 11.8. The zero-order valence-electron chi connectivity index (χ0n) is 20.8. The van der Waals surface area contributed by atoms with Crippen LogP contribution < -0.4 is 10.6 Å². The van der Waals surface area contributed by atoms with Crippen LogP contribution in [0.2, 0.25) is 0 Å². The molecule has 1 aromatic carbocycles. The van der Waals surface area contributed by atoms with Gasteiger partial charge in [0.1, 0.15) is 23.4 Å². The Hall–Kier alpha value is -3.21. The predicted octanol–water partition coefficient (Wildman–Crippen LogP) is 3.85. The number of ether oxygens (including phenoxy) is 1. The predicted molar refractivity (Wildman–Crippen MR) is 130 cm³/mol. The minimum atomic E-state index is -1.17. The molecule has 2 atom stereocenters. The van der Waals surface area contributed by atoms with Crippen molar-refractivity contribution in [2.24, 2.45) is 5.92 Å². The van der Waals surface area contributed by atoms with Crippen molar-refractivity contribution >= 4 is 17.9 Å². The number of rotatable bonds is 7. The van der Waals surface area contributed by atoms with Gasteiger partial charge in [-0.15, -0.1) is 0 Å². The fraction of sp³-hybridized carbons (Fsp3) is 0.577. The number of benzene rings is 1. The molecule has 0 bridgehead atoms. The van der Waals surface area contributed by atoms with Crippen molar-refractivity contribution in [2.75, 3.05) is 0 Å². The molecule has 8 nitrogen and oxygen atoms in total. The molecular formula is C26H37N3O5. The third kappa shape index (κ3) is 7.68. The number of phenolic OH excluding ortho intramolecular Hbond substituents is 1. The summed E-state index contributed by atoms with van der Waals surface area (Å²) in [6.07, 6.45) is 9.90. The Kier molecular flexibility index (Phi) is 9.36. The molecule has 3 amide bonds. The van der Waals surface area contributed by atoms with Gasteiger partial charge in [-0.2, -0.15) is 0 Å². The number of terminal acetylenes is 1. The number of nitrogens with zero attached hydrogens (tertiary/aromatic N) is 1. The molecule has 2 unspecified atom stereocenters. The van der Waals surface area contributed by atoms with Gasteiger partial charge in [0.15, 0.2) is 0 Å². The summed E-state index contributed by atoms with van der Waals surface area (Å²) in [5.41, 5.74) is -0.371. The molecule has 186 valence electrons. The van der Waals surface area contributed by atoms with Gasteiger partial charge < -0.3 is 20.5 Å². The van der Waals surface area contributed by atoms with Gasteiger partial charge >= 0.3 is 6.09 Å². The van der Waals surface area contributed by atoms with E-state index in [1.54, 1.807) is 46.8 Å². The highest BCUT2D eigenvalue weighted by atomic mass is 16.6. The lowest BCUT2D eigenvalue weighted by atomic mass is 9.94. The molecule has 0 spiro atoms. The van der Waals surface area contributed by atoms with E-state index in [1.807, 2.05) is 0 Å². The number of hydrogen-bond acceptors (Lipinski definition) is 5. The monoisotopic (exact) mass is 471 g/mol. The molecule has 2 rings (SSSR count). The van der Waals surface area contributed by atoms with E-state index in [2.05, 4.69) is 16.7 Å². The maximum Gasteiger partial charge on any atom is 0.408 e. The minimum Gasteiger partial charge on any atom is -0.508 e. The molecule has 34 heavy (non-hydrogen) atoms. The molecule has 1 aromatic rings. The minimum absolute atomic E-state index is 0.00318. The normalized spacial score (nSPS) is 16.1. The summed E-state index contributed by atoms with van der Waals surface area (Å²) in [6.45, 7) is 8.69. The number of aromatic hydroxyl groups is 1. The average molecular weight is 472 g/mol. The van der Waals surface area contributed by atoms with Crippen LogP contribution >= 0.6 is 0 Å². The number of amides is 3. The standard InChI is InChI=1S/C26H37N3O5/c1-7-29(24(32)21(17(2)3)28-25(33)34-26(4,5)6)22(18-12-11-15-20(30)16-18)23(31)27-19-13-9-8-10-14-19/h1,11-12,15-17,19,21-22,30H,8-10,13-14H2,2-6H3,(H,27,31)(H,28,33). The Bertz CT molecular complexity index is 910. The van der Waals surface area contributed by atoms with Gasteiger partial charge in [-0.3, -0.25) is 14.5 Å². The summed E-state index contributed by atoms with van der Waals surface area (Å²) in [5, 5.41) is 15.6. The Morgan fingerprint density at radius 3 is 2.35 bits per heavy atom. The number of phenols is 1. The van der Waals surface area contributed by atoms with Crippen LogP contribution in [-0.2, 0) is 14.3 Å². The molecule has 1 fully saturated rings. The van der Waals surface area contributed by atoms with Crippen molar-refractivity contribution in [2.45, 2.75) is 90.4 Å². The van der Waals surface area contributed by atoms with Gasteiger partial charge in [0.2, 0.25) is 5.91 Å². The largest absolute Gasteiger partial charge is 0.508 e. The van der Waals surface area contributed by atoms with E-state index in [0.717, 1.165) is 37.0 Å². The number of hydrogen-bond donors (Lipinski definition) is 3. The molecule has 0 aromatic heterocycles. The smallest absolute Gasteiger partial charge is 0.408 e. The number of carbonyl (C=O) groups is 3. The van der Waals surface area contributed by atoms with Crippen molar-refractivity contribution in [1.82, 2.24) is 15.5 Å². The summed E-state index contributed by atoms with van der Waals surface area (Å²) in [4.78, 5) is 40.4. The van der Waals surface area contributed by atoms with Gasteiger partial charge in [-0.1, -0.05) is 51.7 Å². The van der Waals surface area contributed by atoms with Crippen molar-refractivity contribution in [3.63, 3.8) is 0 Å². The quantitative estimate of drug-likeness (QED) is 0.414. The van der Waals surface area contributed by atoms with Crippen molar-refractivity contribution in [3.05, 3.63) is 29.8 Å². The molecule has 0 aliphatic heterocycles. The van der Waals surface area contributed by atoms with Crippen molar-refractivity contribution in [3.8, 4) is 18.2 Å². The molecule has 1 saturated carbocycles. The second-order valence-corrected chi connectivity index (χ2v) is 10.0. The molecule has 0 heterocycles. The second-order valence-electron chi connectivity index (χ2n) is 10.0. The van der Waals surface area contributed by atoms with E-state index in [1.165, 1.54) is 12.1 Å². The molecular weight excluding hydrogens is 434 g/mol. The van der Waals surface area contributed by atoms with Crippen LogP contribution in [0.15, 0.2) is 24.3 Å². The van der Waals surface area contributed by atoms with Gasteiger partial charge in [0.05, 0.1) is 0 Å². The Balaban J connectivity index is 2.36. The van der Waals surface area contributed by atoms with E-state index < -0.39 is 35.6 Å². The molecule has 1 aliphatic carbocycles. The number of alkyl carbamates (subject to hydrolysis) is 1. The molecule has 8 heteroatoms. The lowest BCUT2D eigenvalue weighted by Crippen LogP contribution is -2.54. The van der Waals surface area contributed by atoms with Crippen LogP contribution in [0.3, 0.4) is 0 Å². The van der Waals surface area contributed by atoms with Crippen LogP contribution in [0.1, 0.15) is 78.3 Å². The lowest BCUT2D eigenvalue weighted by molar-refractivity contribution is -0.139. The highest BCUT2D eigenvalue weighted by Gasteiger charge is 2.38. The van der Waals surface area contributed by atoms with Crippen LogP contribution in [0, 0.1) is 18.4 Å². The topological polar surface area (TPSA) is 108 Å². The first-order valence-corrected chi connectivity index (χ1v) is 11.8. The first-order chi connectivity index (χ1) is 15.9. The van der Waals surface area contributed by atoms with Crippen LogP contribution in [-0.4, -0.2) is 45.6 Å². The average Bonchev–Trinajstić information content (AvgIpc) is 2.74. The molecule has 0 saturated heterocycles. The van der Waals surface area contributed by atoms with Crippen LogP contribution in [0.25, 0.3) is 0 Å². The summed E-state index contributed by atoms with van der Waals surface area (Å²) in [6, 6.07) is 6.25. The van der Waals surface area contributed by atoms with Gasteiger partial charge in [0.25, 0.3) is 5.91 Å². The molecule has 1 aliphatic rings. The lowest BCUT2D eigenvalue weighted by Gasteiger charge is -2.33. The zero-order chi connectivity index (χ0) is 25.5. The van der Waals surface area contributed by atoms with Gasteiger partial charge in [-0.05, 0) is 57.2 Å².